The van der Waals surface area contributed by atoms with E-state index in [2.05, 4.69) is 0 Å². The van der Waals surface area contributed by atoms with E-state index in [1.54, 1.807) is 6.07 Å². The lowest BCUT2D eigenvalue weighted by molar-refractivity contribution is -0.361. The first kappa shape index (κ1) is 19.2. The molecule has 0 aliphatic rings. The molecule has 1 atom stereocenters. The van der Waals surface area contributed by atoms with Crippen LogP contribution in [0.25, 0.3) is 0 Å². The van der Waals surface area contributed by atoms with E-state index in [9.17, 15) is 30.7 Å². The van der Waals surface area contributed by atoms with E-state index in [1.807, 2.05) is 0 Å². The minimum atomic E-state index is -6.40. The maximum atomic E-state index is 13.6. The minimum absolute atomic E-state index is 0.0247. The molecule has 128 valence electrons. The second-order valence-electron chi connectivity index (χ2n) is 5.08. The van der Waals surface area contributed by atoms with Crippen LogP contribution in [-0.4, -0.2) is 25.1 Å². The highest BCUT2D eigenvalue weighted by Gasteiger charge is 2.73. The summed E-state index contributed by atoms with van der Waals surface area (Å²) in [6.45, 7) is 0.948. The Morgan fingerprint density at radius 1 is 1.09 bits per heavy atom. The molecule has 0 aliphatic carbocycles. The molecule has 0 radical (unpaired) electrons. The van der Waals surface area contributed by atoms with Crippen LogP contribution >= 0.6 is 0 Å². The SMILES string of the molecule is COC(C)(CC(F)(F)C(F)(F)C(F)(F)F)c1cccc(C#N)c1. The first-order valence-corrected chi connectivity index (χ1v) is 6.19. The van der Waals surface area contributed by atoms with E-state index in [1.165, 1.54) is 18.2 Å². The lowest BCUT2D eigenvalue weighted by Gasteiger charge is -2.36. The van der Waals surface area contributed by atoms with Crippen molar-refractivity contribution in [3.05, 3.63) is 35.4 Å². The van der Waals surface area contributed by atoms with Gasteiger partial charge < -0.3 is 4.74 Å². The maximum absolute atomic E-state index is 13.6. The normalized spacial score (nSPS) is 15.8. The topological polar surface area (TPSA) is 33.0 Å². The Hall–Kier alpha value is -1.82. The second-order valence-corrected chi connectivity index (χ2v) is 5.08. The van der Waals surface area contributed by atoms with Crippen LogP contribution in [0, 0.1) is 11.3 Å². The van der Waals surface area contributed by atoms with Gasteiger partial charge in [-0.15, -0.1) is 0 Å². The number of alkyl halides is 7. The third-order valence-electron chi connectivity index (χ3n) is 3.43. The third kappa shape index (κ3) is 3.58. The number of hydrogen-bond acceptors (Lipinski definition) is 2. The number of hydrogen-bond donors (Lipinski definition) is 0. The third-order valence-corrected chi connectivity index (χ3v) is 3.43. The second kappa shape index (κ2) is 6.00. The van der Waals surface area contributed by atoms with Crippen LogP contribution in [0.2, 0.25) is 0 Å². The molecule has 0 bridgehead atoms. The zero-order valence-corrected chi connectivity index (χ0v) is 12.0. The molecule has 0 saturated heterocycles. The molecule has 0 amide bonds. The smallest absolute Gasteiger partial charge is 0.374 e. The quantitative estimate of drug-likeness (QED) is 0.730. The molecule has 1 rings (SSSR count). The fourth-order valence-corrected chi connectivity index (χ4v) is 1.95. The number of nitriles is 1. The Morgan fingerprint density at radius 3 is 2.09 bits per heavy atom. The zero-order valence-electron chi connectivity index (χ0n) is 12.0. The fourth-order valence-electron chi connectivity index (χ4n) is 1.95. The summed E-state index contributed by atoms with van der Waals surface area (Å²) in [5.41, 5.74) is -2.24. The van der Waals surface area contributed by atoms with Crippen LogP contribution < -0.4 is 0 Å². The summed E-state index contributed by atoms with van der Waals surface area (Å²) in [6.07, 6.45) is -8.32. The number of ether oxygens (including phenoxy) is 1. The van der Waals surface area contributed by atoms with Crippen molar-refractivity contribution >= 4 is 0 Å². The molecular weight excluding hydrogens is 331 g/mol. The van der Waals surface area contributed by atoms with Crippen molar-refractivity contribution in [3.63, 3.8) is 0 Å². The monoisotopic (exact) mass is 343 g/mol. The predicted molar refractivity (Wildman–Crippen MR) is 66.1 cm³/mol. The highest BCUT2D eigenvalue weighted by atomic mass is 19.4. The molecule has 0 spiro atoms. The van der Waals surface area contributed by atoms with Gasteiger partial charge in [0.25, 0.3) is 0 Å². The van der Waals surface area contributed by atoms with E-state index in [4.69, 9.17) is 10.00 Å². The maximum Gasteiger partial charge on any atom is 0.459 e. The van der Waals surface area contributed by atoms with E-state index in [0.717, 1.165) is 20.1 Å². The molecule has 0 heterocycles. The summed E-state index contributed by atoms with van der Waals surface area (Å²) in [5.74, 6) is -11.6. The average Bonchev–Trinajstić information content (AvgIpc) is 2.45. The van der Waals surface area contributed by atoms with Crippen LogP contribution in [0.3, 0.4) is 0 Å². The van der Waals surface area contributed by atoms with Crippen molar-refractivity contribution < 1.29 is 35.5 Å². The molecule has 23 heavy (non-hydrogen) atoms. The molecule has 0 N–H and O–H groups in total. The van der Waals surface area contributed by atoms with E-state index in [0.29, 0.717) is 0 Å². The highest BCUT2D eigenvalue weighted by Crippen LogP contribution is 2.51. The summed E-state index contributed by atoms with van der Waals surface area (Å²) in [6, 6.07) is 6.60. The first-order valence-electron chi connectivity index (χ1n) is 6.19. The molecule has 0 saturated carbocycles. The zero-order chi connectivity index (χ0) is 18.1. The van der Waals surface area contributed by atoms with Crippen molar-refractivity contribution in [3.8, 4) is 6.07 Å². The summed E-state index contributed by atoms with van der Waals surface area (Å²) >= 11 is 0. The molecule has 0 aromatic heterocycles. The average molecular weight is 343 g/mol. The lowest BCUT2D eigenvalue weighted by atomic mass is 9.86. The largest absolute Gasteiger partial charge is 0.459 e. The number of halogens is 7. The number of methoxy groups -OCH3 is 1. The molecule has 0 aliphatic heterocycles. The number of benzene rings is 1. The first-order chi connectivity index (χ1) is 10.3. The van der Waals surface area contributed by atoms with Gasteiger partial charge in [0, 0.05) is 7.11 Å². The molecule has 2 nitrogen and oxygen atoms in total. The van der Waals surface area contributed by atoms with Crippen LogP contribution in [-0.2, 0) is 10.3 Å². The van der Waals surface area contributed by atoms with Gasteiger partial charge in [-0.1, -0.05) is 12.1 Å². The van der Waals surface area contributed by atoms with E-state index >= 15 is 0 Å². The molecule has 1 aromatic rings. The Morgan fingerprint density at radius 2 is 1.65 bits per heavy atom. The summed E-state index contributed by atoms with van der Waals surface area (Å²) in [4.78, 5) is 0. The van der Waals surface area contributed by atoms with Crippen molar-refractivity contribution in [1.29, 1.82) is 5.26 Å². The van der Waals surface area contributed by atoms with Crippen LogP contribution in [0.15, 0.2) is 24.3 Å². The Balaban J connectivity index is 3.27. The van der Waals surface area contributed by atoms with Gasteiger partial charge in [0.05, 0.1) is 23.7 Å². The van der Waals surface area contributed by atoms with Gasteiger partial charge in [-0.05, 0) is 24.6 Å². The van der Waals surface area contributed by atoms with Crippen molar-refractivity contribution in [2.24, 2.45) is 0 Å². The highest BCUT2D eigenvalue weighted by molar-refractivity contribution is 5.35. The Labute approximate surface area is 127 Å². The molecule has 1 aromatic carbocycles. The minimum Gasteiger partial charge on any atom is -0.374 e. The van der Waals surface area contributed by atoms with E-state index in [-0.39, 0.29) is 11.1 Å². The fraction of sp³-hybridized carbons (Fsp3) is 0.500. The molecule has 9 heteroatoms. The summed E-state index contributed by atoms with van der Waals surface area (Å²) in [5, 5.41) is 8.76. The molecule has 0 fully saturated rings. The van der Waals surface area contributed by atoms with Gasteiger partial charge in [0.2, 0.25) is 0 Å². The lowest BCUT2D eigenvalue weighted by Crippen LogP contribution is -2.54. The number of nitrogens with zero attached hydrogens (tertiary/aromatic N) is 1. The van der Waals surface area contributed by atoms with Crippen LogP contribution in [0.4, 0.5) is 30.7 Å². The van der Waals surface area contributed by atoms with Gasteiger partial charge in [0.1, 0.15) is 0 Å². The standard InChI is InChI=1S/C14H12F7NO/c1-11(23-2,10-5-3-4-9(6-10)7-22)8-12(15,16)13(17,18)14(19,20)21/h3-6H,8H2,1-2H3. The van der Waals surface area contributed by atoms with Crippen molar-refractivity contribution in [2.75, 3.05) is 7.11 Å². The Bertz CT molecular complexity index is 606. The van der Waals surface area contributed by atoms with Crippen molar-refractivity contribution in [1.82, 2.24) is 0 Å². The van der Waals surface area contributed by atoms with Crippen LogP contribution in [0.1, 0.15) is 24.5 Å². The summed E-state index contributed by atoms with van der Waals surface area (Å²) in [7, 11) is 0.904. The predicted octanol–water partition coefficient (Wildman–Crippen LogP) is 4.64. The van der Waals surface area contributed by atoms with Gasteiger partial charge >= 0.3 is 18.0 Å². The van der Waals surface area contributed by atoms with Crippen LogP contribution in [0.5, 0.6) is 0 Å². The Kier molecular flexibility index (Phi) is 5.01. The van der Waals surface area contributed by atoms with Crippen molar-refractivity contribution in [2.45, 2.75) is 37.0 Å². The van der Waals surface area contributed by atoms with E-state index < -0.39 is 30.0 Å². The van der Waals surface area contributed by atoms with Gasteiger partial charge in [0.15, 0.2) is 0 Å². The van der Waals surface area contributed by atoms with Gasteiger partial charge in [-0.25, -0.2) is 0 Å². The van der Waals surface area contributed by atoms with Gasteiger partial charge in [-0.3, -0.25) is 0 Å². The molecular formula is C14H12F7NO. The van der Waals surface area contributed by atoms with Gasteiger partial charge in [-0.2, -0.15) is 36.0 Å². The molecule has 1 unspecified atom stereocenters. The number of rotatable bonds is 5. The summed E-state index contributed by atoms with van der Waals surface area (Å²) < 4.78 is 94.8.